The Kier molecular flexibility index (Phi) is 6.83. The summed E-state index contributed by atoms with van der Waals surface area (Å²) in [5, 5.41) is 5.00. The molecule has 204 valence electrons. The highest BCUT2D eigenvalue weighted by atomic mass is 31.1. The molecule has 41 heavy (non-hydrogen) atoms. The molecule has 0 aromatic heterocycles. The number of benzene rings is 6. The van der Waals surface area contributed by atoms with Gasteiger partial charge in [0.05, 0.1) is 11.1 Å². The molecule has 6 aromatic rings. The maximum absolute atomic E-state index is 13.8. The fourth-order valence-electron chi connectivity index (χ4n) is 5.24. The highest BCUT2D eigenvalue weighted by molar-refractivity contribution is 7.80. The molecule has 0 nitrogen and oxygen atoms in total. The molecule has 6 aromatic carbocycles. The van der Waals surface area contributed by atoms with Crippen LogP contribution in [0.3, 0.4) is 0 Å². The molecule has 7 heteroatoms. The van der Waals surface area contributed by atoms with Gasteiger partial charge in [-0.15, -0.1) is 0 Å². The van der Waals surface area contributed by atoms with Gasteiger partial charge < -0.3 is 0 Å². The molecular weight excluding hydrogens is 553 g/mol. The van der Waals surface area contributed by atoms with Gasteiger partial charge in [-0.3, -0.25) is 0 Å². The molecule has 0 aliphatic heterocycles. The van der Waals surface area contributed by atoms with E-state index in [-0.39, 0.29) is 0 Å². The van der Waals surface area contributed by atoms with E-state index in [1.54, 1.807) is 12.1 Å². The van der Waals surface area contributed by atoms with E-state index in [0.717, 1.165) is 56.9 Å². The van der Waals surface area contributed by atoms with Crippen LogP contribution in [0.15, 0.2) is 127 Å². The van der Waals surface area contributed by atoms with Crippen LogP contribution in [0.5, 0.6) is 0 Å². The van der Waals surface area contributed by atoms with Crippen molar-refractivity contribution < 1.29 is 26.3 Å². The lowest BCUT2D eigenvalue weighted by Crippen LogP contribution is -2.24. The Morgan fingerprint density at radius 2 is 0.927 bits per heavy atom. The van der Waals surface area contributed by atoms with Crippen LogP contribution in [0.1, 0.15) is 11.1 Å². The highest BCUT2D eigenvalue weighted by Crippen LogP contribution is 2.43. The van der Waals surface area contributed by atoms with Gasteiger partial charge in [0.2, 0.25) is 0 Å². The zero-order valence-corrected chi connectivity index (χ0v) is 22.2. The topological polar surface area (TPSA) is 0 Å². The van der Waals surface area contributed by atoms with E-state index < -0.39 is 31.4 Å². The predicted molar refractivity (Wildman–Crippen MR) is 156 cm³/mol. The summed E-state index contributed by atoms with van der Waals surface area (Å²) in [4.78, 5) is 0. The summed E-state index contributed by atoms with van der Waals surface area (Å²) >= 11 is 0. The Morgan fingerprint density at radius 3 is 1.51 bits per heavy atom. The van der Waals surface area contributed by atoms with Crippen molar-refractivity contribution in [1.82, 2.24) is 0 Å². The summed E-state index contributed by atoms with van der Waals surface area (Å²) < 4.78 is 83.1. The molecule has 0 saturated heterocycles. The number of hydrogen-bond acceptors (Lipinski definition) is 0. The average Bonchev–Trinajstić information content (AvgIpc) is 2.96. The monoisotopic (exact) mass is 574 g/mol. The molecular formula is C34H21F6P. The summed E-state index contributed by atoms with van der Waals surface area (Å²) in [6, 6.07) is 34.9. The van der Waals surface area contributed by atoms with Crippen molar-refractivity contribution in [2.45, 2.75) is 12.4 Å². The van der Waals surface area contributed by atoms with Crippen molar-refractivity contribution in [3.63, 3.8) is 0 Å². The number of fused-ring (bicyclic) bond motifs is 2. The zero-order chi connectivity index (χ0) is 28.8. The molecule has 0 bridgehead atoms. The summed E-state index contributed by atoms with van der Waals surface area (Å²) in [5.74, 6) is 0. The molecule has 0 amide bonds. The summed E-state index contributed by atoms with van der Waals surface area (Å²) in [6.07, 6.45) is -9.21. The fourth-order valence-corrected chi connectivity index (χ4v) is 7.79. The maximum Gasteiger partial charge on any atom is 0.416 e. The first kappa shape index (κ1) is 27.0. The Morgan fingerprint density at radius 1 is 0.439 bits per heavy atom. The highest BCUT2D eigenvalue weighted by Gasteiger charge is 2.34. The third kappa shape index (κ3) is 5.20. The minimum absolute atomic E-state index is 0.311. The first-order valence-corrected chi connectivity index (χ1v) is 14.1. The van der Waals surface area contributed by atoms with E-state index in [9.17, 15) is 26.3 Å². The van der Waals surface area contributed by atoms with Crippen molar-refractivity contribution in [1.29, 1.82) is 0 Å². The van der Waals surface area contributed by atoms with Gasteiger partial charge in [-0.05, 0) is 80.8 Å². The fraction of sp³-hybridized carbons (Fsp3) is 0.0588. The van der Waals surface area contributed by atoms with Crippen LogP contribution in [-0.4, -0.2) is 0 Å². The van der Waals surface area contributed by atoms with Gasteiger partial charge in [0.1, 0.15) is 0 Å². The number of rotatable bonds is 4. The zero-order valence-electron chi connectivity index (χ0n) is 21.3. The SMILES string of the molecule is FC(F)(F)c1cccc(P(c2cccc(C(F)(F)F)c2)c2ccc3ccccc3c2-c2cccc3ccccc23)c1. The first-order chi connectivity index (χ1) is 19.6. The van der Waals surface area contributed by atoms with Gasteiger partial charge in [0.15, 0.2) is 0 Å². The molecule has 0 saturated carbocycles. The smallest absolute Gasteiger partial charge is 0.166 e. The minimum atomic E-state index is -4.60. The third-order valence-electron chi connectivity index (χ3n) is 7.07. The van der Waals surface area contributed by atoms with Gasteiger partial charge in [0, 0.05) is 0 Å². The van der Waals surface area contributed by atoms with Crippen molar-refractivity contribution in [2.24, 2.45) is 0 Å². The van der Waals surface area contributed by atoms with Crippen LogP contribution < -0.4 is 15.9 Å². The predicted octanol–water partition coefficient (Wildman–Crippen LogP) is 9.46. The molecule has 0 radical (unpaired) electrons. The molecule has 0 atom stereocenters. The maximum atomic E-state index is 13.8. The van der Waals surface area contributed by atoms with Crippen LogP contribution in [0.4, 0.5) is 26.3 Å². The first-order valence-electron chi connectivity index (χ1n) is 12.8. The second-order valence-corrected chi connectivity index (χ2v) is 11.8. The Labute approximate surface area is 233 Å². The van der Waals surface area contributed by atoms with Crippen LogP contribution in [0, 0.1) is 0 Å². The second-order valence-electron chi connectivity index (χ2n) is 9.64. The molecule has 0 N–H and O–H groups in total. The summed E-state index contributed by atoms with van der Waals surface area (Å²) in [7, 11) is -1.85. The number of alkyl halides is 6. The molecule has 0 spiro atoms. The molecule has 0 aliphatic rings. The van der Waals surface area contributed by atoms with Crippen molar-refractivity contribution in [3.8, 4) is 11.1 Å². The standard InChI is InChI=1S/C34H21F6P/c35-33(36,37)24-11-6-13-26(20-24)41(27-14-7-12-25(21-27)34(38,39)40)31-19-18-23-9-2-4-16-29(23)32(31)30-17-5-10-22-8-1-3-15-28(22)30/h1-21H. The van der Waals surface area contributed by atoms with E-state index in [1.165, 1.54) is 12.1 Å². The van der Waals surface area contributed by atoms with E-state index in [4.69, 9.17) is 0 Å². The van der Waals surface area contributed by atoms with E-state index in [2.05, 4.69) is 0 Å². The average molecular weight is 575 g/mol. The lowest BCUT2D eigenvalue weighted by molar-refractivity contribution is -0.138. The van der Waals surface area contributed by atoms with Gasteiger partial charge in [-0.2, -0.15) is 26.3 Å². The minimum Gasteiger partial charge on any atom is -0.166 e. The second kappa shape index (κ2) is 10.4. The largest absolute Gasteiger partial charge is 0.416 e. The Bertz CT molecular complexity index is 1820. The number of hydrogen-bond donors (Lipinski definition) is 0. The van der Waals surface area contributed by atoms with Gasteiger partial charge in [0.25, 0.3) is 0 Å². The molecule has 0 heterocycles. The molecule has 0 fully saturated rings. The van der Waals surface area contributed by atoms with Crippen molar-refractivity contribution in [2.75, 3.05) is 0 Å². The summed E-state index contributed by atoms with van der Waals surface area (Å²) in [5.41, 5.74) is -0.0360. The van der Waals surface area contributed by atoms with Crippen LogP contribution in [0.25, 0.3) is 32.7 Å². The lowest BCUT2D eigenvalue weighted by atomic mass is 9.94. The molecule has 6 rings (SSSR count). The van der Waals surface area contributed by atoms with Gasteiger partial charge in [-0.1, -0.05) is 103 Å². The number of halogens is 6. The van der Waals surface area contributed by atoms with Gasteiger partial charge in [-0.25, -0.2) is 0 Å². The van der Waals surface area contributed by atoms with Crippen LogP contribution in [0.2, 0.25) is 0 Å². The van der Waals surface area contributed by atoms with Crippen molar-refractivity contribution in [3.05, 3.63) is 139 Å². The quantitative estimate of drug-likeness (QED) is 0.145. The normalized spacial score (nSPS) is 12.4. The molecule has 0 aliphatic carbocycles. The Balaban J connectivity index is 1.72. The summed E-state index contributed by atoms with van der Waals surface area (Å²) in [6.45, 7) is 0. The van der Waals surface area contributed by atoms with Crippen LogP contribution in [-0.2, 0) is 12.4 Å². The van der Waals surface area contributed by atoms with Crippen molar-refractivity contribution >= 4 is 45.4 Å². The van der Waals surface area contributed by atoms with E-state index >= 15 is 0 Å². The molecule has 0 unspecified atom stereocenters. The van der Waals surface area contributed by atoms with E-state index in [1.807, 2.05) is 78.9 Å². The van der Waals surface area contributed by atoms with E-state index in [0.29, 0.717) is 15.9 Å². The Hall–Kier alpha value is -4.15. The van der Waals surface area contributed by atoms with Crippen LogP contribution >= 0.6 is 7.92 Å². The lowest BCUT2D eigenvalue weighted by Gasteiger charge is -2.25. The third-order valence-corrected chi connectivity index (χ3v) is 9.51. The van der Waals surface area contributed by atoms with Gasteiger partial charge >= 0.3 is 12.4 Å².